The van der Waals surface area contributed by atoms with Gasteiger partial charge in [0.05, 0.1) is 0 Å². The summed E-state index contributed by atoms with van der Waals surface area (Å²) in [5.41, 5.74) is 1.19. The van der Waals surface area contributed by atoms with Crippen molar-refractivity contribution in [3.63, 3.8) is 0 Å². The summed E-state index contributed by atoms with van der Waals surface area (Å²) in [6, 6.07) is 4.02. The fourth-order valence-corrected chi connectivity index (χ4v) is 1.50. The molecular formula is C11H16N2. The van der Waals surface area contributed by atoms with Gasteiger partial charge in [-0.1, -0.05) is 12.8 Å². The molecule has 0 bridgehead atoms. The molecule has 1 aromatic rings. The van der Waals surface area contributed by atoms with E-state index in [0.29, 0.717) is 0 Å². The number of nitrogens with zero attached hydrogens (tertiary/aromatic N) is 1. The van der Waals surface area contributed by atoms with Gasteiger partial charge in [0.2, 0.25) is 0 Å². The van der Waals surface area contributed by atoms with Crippen LogP contribution in [0.15, 0.2) is 24.5 Å². The molecule has 0 aliphatic heterocycles. The normalized spacial score (nSPS) is 15.7. The predicted molar refractivity (Wildman–Crippen MR) is 54.7 cm³/mol. The minimum atomic E-state index is 1.05. The van der Waals surface area contributed by atoms with Gasteiger partial charge in [0, 0.05) is 24.6 Å². The van der Waals surface area contributed by atoms with Crippen molar-refractivity contribution in [2.24, 2.45) is 5.92 Å². The topological polar surface area (TPSA) is 24.9 Å². The zero-order chi connectivity index (χ0) is 8.93. The number of pyridine rings is 1. The van der Waals surface area contributed by atoms with E-state index in [9.17, 15) is 0 Å². The Kier molecular flexibility index (Phi) is 2.80. The molecule has 2 heteroatoms. The Bertz CT molecular complexity index is 242. The van der Waals surface area contributed by atoms with Crippen molar-refractivity contribution in [3.8, 4) is 0 Å². The van der Waals surface area contributed by atoms with Gasteiger partial charge in [-0.25, -0.2) is 0 Å². The van der Waals surface area contributed by atoms with Crippen molar-refractivity contribution in [3.05, 3.63) is 24.5 Å². The highest BCUT2D eigenvalue weighted by molar-refractivity contribution is 5.40. The Morgan fingerprint density at radius 3 is 2.77 bits per heavy atom. The Balaban J connectivity index is 1.61. The number of nitrogens with one attached hydrogen (secondary N) is 1. The SMILES string of the molecule is c1cc(NCCCC2CC2)ccn1. The van der Waals surface area contributed by atoms with Crippen molar-refractivity contribution in [1.82, 2.24) is 4.98 Å². The highest BCUT2D eigenvalue weighted by atomic mass is 14.9. The Hall–Kier alpha value is -1.05. The van der Waals surface area contributed by atoms with E-state index >= 15 is 0 Å². The van der Waals surface area contributed by atoms with E-state index in [1.54, 1.807) is 0 Å². The lowest BCUT2D eigenvalue weighted by Crippen LogP contribution is -2.01. The first-order valence-electron chi connectivity index (χ1n) is 5.09. The van der Waals surface area contributed by atoms with Gasteiger partial charge in [0.1, 0.15) is 0 Å². The van der Waals surface area contributed by atoms with Crippen LogP contribution in [0.5, 0.6) is 0 Å². The van der Waals surface area contributed by atoms with Crippen LogP contribution in [-0.2, 0) is 0 Å². The van der Waals surface area contributed by atoms with Crippen LogP contribution in [0, 0.1) is 5.92 Å². The maximum absolute atomic E-state index is 3.97. The molecule has 70 valence electrons. The maximum atomic E-state index is 3.97. The van der Waals surface area contributed by atoms with E-state index in [2.05, 4.69) is 10.3 Å². The van der Waals surface area contributed by atoms with Crippen LogP contribution in [0.3, 0.4) is 0 Å². The molecule has 1 N–H and O–H groups in total. The highest BCUT2D eigenvalue weighted by Gasteiger charge is 2.19. The van der Waals surface area contributed by atoms with Crippen LogP contribution >= 0.6 is 0 Å². The fraction of sp³-hybridized carbons (Fsp3) is 0.545. The second kappa shape index (κ2) is 4.26. The summed E-state index contributed by atoms with van der Waals surface area (Å²) in [5.74, 6) is 1.05. The molecule has 2 nitrogen and oxygen atoms in total. The van der Waals surface area contributed by atoms with Gasteiger partial charge in [0.15, 0.2) is 0 Å². The number of hydrogen-bond acceptors (Lipinski definition) is 2. The zero-order valence-corrected chi connectivity index (χ0v) is 7.87. The molecule has 0 spiro atoms. The summed E-state index contributed by atoms with van der Waals surface area (Å²) in [5, 5.41) is 3.39. The van der Waals surface area contributed by atoms with Gasteiger partial charge in [-0.3, -0.25) is 4.98 Å². The minimum absolute atomic E-state index is 1.05. The summed E-state index contributed by atoms with van der Waals surface area (Å²) in [6.45, 7) is 1.10. The number of hydrogen-bond donors (Lipinski definition) is 1. The molecule has 0 aromatic carbocycles. The number of rotatable bonds is 5. The van der Waals surface area contributed by atoms with E-state index in [4.69, 9.17) is 0 Å². The highest BCUT2D eigenvalue weighted by Crippen LogP contribution is 2.33. The predicted octanol–water partition coefficient (Wildman–Crippen LogP) is 2.68. The Labute approximate surface area is 79.4 Å². The third-order valence-electron chi connectivity index (χ3n) is 2.50. The Morgan fingerprint density at radius 1 is 1.31 bits per heavy atom. The molecule has 13 heavy (non-hydrogen) atoms. The second-order valence-electron chi connectivity index (χ2n) is 3.75. The molecule has 0 atom stereocenters. The van der Waals surface area contributed by atoms with E-state index < -0.39 is 0 Å². The van der Waals surface area contributed by atoms with E-state index in [0.717, 1.165) is 12.5 Å². The van der Waals surface area contributed by atoms with Crippen LogP contribution in [-0.4, -0.2) is 11.5 Å². The first-order valence-corrected chi connectivity index (χ1v) is 5.09. The first kappa shape index (κ1) is 8.54. The number of aromatic nitrogens is 1. The smallest absolute Gasteiger partial charge is 0.0371 e. The monoisotopic (exact) mass is 176 g/mol. The molecule has 0 saturated heterocycles. The van der Waals surface area contributed by atoms with Crippen LogP contribution in [0.2, 0.25) is 0 Å². The van der Waals surface area contributed by atoms with Gasteiger partial charge in [-0.05, 0) is 30.9 Å². The molecule has 1 aromatic heterocycles. The largest absolute Gasteiger partial charge is 0.385 e. The Morgan fingerprint density at radius 2 is 2.08 bits per heavy atom. The standard InChI is InChI=1S/C11H16N2/c1(2-10-3-4-10)7-13-11-5-8-12-9-6-11/h5-6,8-10H,1-4,7H2,(H,12,13). The molecular weight excluding hydrogens is 160 g/mol. The molecule has 0 radical (unpaired) electrons. The van der Waals surface area contributed by atoms with Crippen molar-refractivity contribution in [2.45, 2.75) is 25.7 Å². The molecule has 1 saturated carbocycles. The van der Waals surface area contributed by atoms with Crippen LogP contribution in [0.4, 0.5) is 5.69 Å². The summed E-state index contributed by atoms with van der Waals surface area (Å²) >= 11 is 0. The van der Waals surface area contributed by atoms with Gasteiger partial charge in [0.25, 0.3) is 0 Å². The van der Waals surface area contributed by atoms with Crippen molar-refractivity contribution < 1.29 is 0 Å². The minimum Gasteiger partial charge on any atom is -0.385 e. The summed E-state index contributed by atoms with van der Waals surface area (Å²) in [4.78, 5) is 3.97. The van der Waals surface area contributed by atoms with Gasteiger partial charge in [-0.15, -0.1) is 0 Å². The molecule has 0 amide bonds. The van der Waals surface area contributed by atoms with E-state index in [1.807, 2.05) is 24.5 Å². The quantitative estimate of drug-likeness (QED) is 0.698. The molecule has 1 fully saturated rings. The zero-order valence-electron chi connectivity index (χ0n) is 7.87. The van der Waals surface area contributed by atoms with Gasteiger partial charge >= 0.3 is 0 Å². The van der Waals surface area contributed by atoms with Crippen molar-refractivity contribution >= 4 is 5.69 Å². The van der Waals surface area contributed by atoms with Crippen LogP contribution in [0.25, 0.3) is 0 Å². The van der Waals surface area contributed by atoms with E-state index in [1.165, 1.54) is 31.4 Å². The number of anilines is 1. The molecule has 0 unspecified atom stereocenters. The van der Waals surface area contributed by atoms with Crippen LogP contribution in [0.1, 0.15) is 25.7 Å². The molecule has 1 aliphatic carbocycles. The van der Waals surface area contributed by atoms with Crippen molar-refractivity contribution in [1.29, 1.82) is 0 Å². The fourth-order valence-electron chi connectivity index (χ4n) is 1.50. The average Bonchev–Trinajstić information content (AvgIpc) is 2.98. The third-order valence-corrected chi connectivity index (χ3v) is 2.50. The molecule has 1 aliphatic rings. The molecule has 2 rings (SSSR count). The van der Waals surface area contributed by atoms with Crippen molar-refractivity contribution in [2.75, 3.05) is 11.9 Å². The lowest BCUT2D eigenvalue weighted by atomic mass is 10.2. The third kappa shape index (κ3) is 3.05. The van der Waals surface area contributed by atoms with Gasteiger partial charge < -0.3 is 5.32 Å². The maximum Gasteiger partial charge on any atom is 0.0371 e. The average molecular weight is 176 g/mol. The summed E-state index contributed by atoms with van der Waals surface area (Å²) in [7, 11) is 0. The lowest BCUT2D eigenvalue weighted by molar-refractivity contribution is 0.687. The summed E-state index contributed by atoms with van der Waals surface area (Å²) < 4.78 is 0. The lowest BCUT2D eigenvalue weighted by Gasteiger charge is -2.04. The summed E-state index contributed by atoms with van der Waals surface area (Å²) in [6.07, 6.45) is 9.28. The second-order valence-corrected chi connectivity index (χ2v) is 3.75. The van der Waals surface area contributed by atoms with Crippen LogP contribution < -0.4 is 5.32 Å². The van der Waals surface area contributed by atoms with E-state index in [-0.39, 0.29) is 0 Å². The molecule has 1 heterocycles. The van der Waals surface area contributed by atoms with Gasteiger partial charge in [-0.2, -0.15) is 0 Å². The first-order chi connectivity index (χ1) is 6.45.